The lowest BCUT2D eigenvalue weighted by molar-refractivity contribution is -0.121. The van der Waals surface area contributed by atoms with Gasteiger partial charge in [-0.15, -0.1) is 11.3 Å². The molecule has 2 aromatic rings. The average Bonchev–Trinajstić information content (AvgIpc) is 3.22. The Labute approximate surface area is 156 Å². The van der Waals surface area contributed by atoms with Crippen molar-refractivity contribution < 1.29 is 14.6 Å². The predicted molar refractivity (Wildman–Crippen MR) is 100 cm³/mol. The number of aliphatic hydroxyl groups is 1. The van der Waals surface area contributed by atoms with E-state index in [9.17, 15) is 9.90 Å². The smallest absolute Gasteiger partial charge is 0.240 e. The number of aromatic nitrogens is 1. The number of benzene rings is 1. The van der Waals surface area contributed by atoms with Gasteiger partial charge in [0, 0.05) is 29.2 Å². The van der Waals surface area contributed by atoms with E-state index in [0.29, 0.717) is 24.5 Å². The van der Waals surface area contributed by atoms with Crippen LogP contribution in [0.3, 0.4) is 0 Å². The van der Waals surface area contributed by atoms with Crippen LogP contribution in [0.2, 0.25) is 0 Å². The third-order valence-electron chi connectivity index (χ3n) is 5.53. The molecule has 0 saturated carbocycles. The maximum absolute atomic E-state index is 12.4. The highest BCUT2D eigenvalue weighted by Crippen LogP contribution is 2.47. The zero-order chi connectivity index (χ0) is 18.1. The van der Waals surface area contributed by atoms with Crippen molar-refractivity contribution in [2.75, 3.05) is 19.0 Å². The van der Waals surface area contributed by atoms with E-state index < -0.39 is 5.60 Å². The monoisotopic (exact) mass is 373 g/mol. The molecule has 1 aromatic carbocycles. The minimum atomic E-state index is -0.902. The number of amides is 1. The molecule has 2 saturated heterocycles. The molecule has 2 N–H and O–H groups in total. The minimum absolute atomic E-state index is 0.0421. The van der Waals surface area contributed by atoms with Crippen molar-refractivity contribution in [2.24, 2.45) is 0 Å². The van der Waals surface area contributed by atoms with Crippen molar-refractivity contribution in [3.63, 3.8) is 0 Å². The molecule has 0 aliphatic carbocycles. The molecule has 138 valence electrons. The summed E-state index contributed by atoms with van der Waals surface area (Å²) < 4.78 is 5.46. The Hall–Kier alpha value is -1.96. The molecule has 2 aliphatic heterocycles. The van der Waals surface area contributed by atoms with Gasteiger partial charge in [0.05, 0.1) is 19.3 Å². The van der Waals surface area contributed by atoms with Crippen LogP contribution in [0, 0.1) is 0 Å². The van der Waals surface area contributed by atoms with E-state index >= 15 is 0 Å². The number of carbonyl (C=O) groups excluding carboxylic acids is 1. The van der Waals surface area contributed by atoms with Gasteiger partial charge in [-0.05, 0) is 31.7 Å². The van der Waals surface area contributed by atoms with Crippen LogP contribution in [0.25, 0.3) is 0 Å². The molecule has 0 radical (unpaired) electrons. The minimum Gasteiger partial charge on any atom is -0.496 e. The van der Waals surface area contributed by atoms with Crippen LogP contribution in [0.15, 0.2) is 35.8 Å². The first-order chi connectivity index (χ1) is 12.6. The van der Waals surface area contributed by atoms with E-state index in [1.165, 1.54) is 11.3 Å². The number of rotatable bonds is 5. The van der Waals surface area contributed by atoms with E-state index in [0.717, 1.165) is 24.2 Å². The summed E-state index contributed by atoms with van der Waals surface area (Å²) in [6, 6.07) is 8.09. The summed E-state index contributed by atoms with van der Waals surface area (Å²) in [6.07, 6.45) is 4.93. The molecule has 2 atom stereocenters. The van der Waals surface area contributed by atoms with Crippen molar-refractivity contribution in [2.45, 2.75) is 43.4 Å². The first-order valence-electron chi connectivity index (χ1n) is 8.90. The molecule has 0 spiro atoms. The lowest BCUT2D eigenvalue weighted by atomic mass is 9.80. The van der Waals surface area contributed by atoms with Crippen molar-refractivity contribution >= 4 is 22.4 Å². The summed E-state index contributed by atoms with van der Waals surface area (Å²) in [5.41, 5.74) is -0.0490. The Kier molecular flexibility index (Phi) is 4.69. The Balaban J connectivity index is 1.48. The largest absolute Gasteiger partial charge is 0.496 e. The normalized spacial score (nSPS) is 28.1. The molecule has 3 heterocycles. The molecule has 1 aromatic heterocycles. The quantitative estimate of drug-likeness (QED) is 0.843. The van der Waals surface area contributed by atoms with E-state index in [2.05, 4.69) is 15.2 Å². The highest BCUT2D eigenvalue weighted by molar-refractivity contribution is 7.13. The molecular weight excluding hydrogens is 350 g/mol. The number of anilines is 1. The van der Waals surface area contributed by atoms with E-state index in [1.54, 1.807) is 13.3 Å². The van der Waals surface area contributed by atoms with Gasteiger partial charge in [-0.2, -0.15) is 0 Å². The van der Waals surface area contributed by atoms with E-state index in [-0.39, 0.29) is 18.0 Å². The fraction of sp³-hybridized carbons (Fsp3) is 0.474. The number of nitrogens with zero attached hydrogens (tertiary/aromatic N) is 2. The van der Waals surface area contributed by atoms with Crippen LogP contribution in [0.5, 0.6) is 5.75 Å². The van der Waals surface area contributed by atoms with Gasteiger partial charge in [-0.3, -0.25) is 9.69 Å². The number of ether oxygens (including phenoxy) is 1. The molecule has 6 nitrogen and oxygen atoms in total. The fourth-order valence-corrected chi connectivity index (χ4v) is 4.98. The lowest BCUT2D eigenvalue weighted by Crippen LogP contribution is -2.51. The first kappa shape index (κ1) is 17.5. The molecule has 26 heavy (non-hydrogen) atoms. The Morgan fingerprint density at radius 3 is 2.77 bits per heavy atom. The number of piperidine rings is 1. The summed E-state index contributed by atoms with van der Waals surface area (Å²) in [6.45, 7) is 0.344. The van der Waals surface area contributed by atoms with Gasteiger partial charge in [-0.1, -0.05) is 18.2 Å². The van der Waals surface area contributed by atoms with Crippen molar-refractivity contribution in [3.05, 3.63) is 41.4 Å². The highest BCUT2D eigenvalue weighted by Gasteiger charge is 2.49. The van der Waals surface area contributed by atoms with E-state index in [4.69, 9.17) is 4.74 Å². The number of para-hydroxylation sites is 1. The fourth-order valence-electron chi connectivity index (χ4n) is 4.43. The number of carbonyl (C=O) groups is 1. The maximum atomic E-state index is 12.4. The lowest BCUT2D eigenvalue weighted by Gasteiger charge is -2.44. The van der Waals surface area contributed by atoms with Crippen molar-refractivity contribution in [1.82, 2.24) is 9.88 Å². The molecule has 2 unspecified atom stereocenters. The van der Waals surface area contributed by atoms with Gasteiger partial charge in [0.25, 0.3) is 0 Å². The maximum Gasteiger partial charge on any atom is 0.240 e. The van der Waals surface area contributed by atoms with Crippen LogP contribution in [-0.4, -0.2) is 46.6 Å². The summed E-state index contributed by atoms with van der Waals surface area (Å²) >= 11 is 1.42. The highest BCUT2D eigenvalue weighted by atomic mass is 32.1. The molecule has 4 rings (SSSR count). The number of thiazole rings is 1. The third-order valence-corrected chi connectivity index (χ3v) is 6.22. The van der Waals surface area contributed by atoms with Gasteiger partial charge in [0.15, 0.2) is 5.13 Å². The Bertz CT molecular complexity index is 766. The summed E-state index contributed by atoms with van der Waals surface area (Å²) in [4.78, 5) is 18.7. The summed E-state index contributed by atoms with van der Waals surface area (Å²) in [5, 5.41) is 16.7. The predicted octanol–water partition coefficient (Wildman–Crippen LogP) is 2.60. The number of fused-ring (bicyclic) bond motifs is 2. The zero-order valence-electron chi connectivity index (χ0n) is 14.7. The van der Waals surface area contributed by atoms with Crippen LogP contribution < -0.4 is 10.1 Å². The van der Waals surface area contributed by atoms with Gasteiger partial charge in [0.1, 0.15) is 5.75 Å². The average molecular weight is 373 g/mol. The van der Waals surface area contributed by atoms with Gasteiger partial charge in [0.2, 0.25) is 5.91 Å². The van der Waals surface area contributed by atoms with Crippen LogP contribution in [-0.2, 0) is 10.4 Å². The van der Waals surface area contributed by atoms with Crippen molar-refractivity contribution in [1.29, 1.82) is 0 Å². The van der Waals surface area contributed by atoms with Crippen LogP contribution >= 0.6 is 11.3 Å². The SMILES string of the molecule is COc1ccccc1C1(O)CC2CCC(C1)N2CC(=O)Nc1nccs1. The number of hydrogen-bond acceptors (Lipinski definition) is 6. The second kappa shape index (κ2) is 6.98. The molecule has 2 aliphatic rings. The van der Waals surface area contributed by atoms with Gasteiger partial charge < -0.3 is 15.2 Å². The summed E-state index contributed by atoms with van der Waals surface area (Å²) in [7, 11) is 1.63. The topological polar surface area (TPSA) is 74.7 Å². The number of methoxy groups -OCH3 is 1. The first-order valence-corrected chi connectivity index (χ1v) is 9.78. The molecule has 7 heteroatoms. The molecule has 2 fully saturated rings. The second-order valence-electron chi connectivity index (χ2n) is 7.08. The zero-order valence-corrected chi connectivity index (χ0v) is 15.5. The number of hydrogen-bond donors (Lipinski definition) is 2. The van der Waals surface area contributed by atoms with Gasteiger partial charge in [-0.25, -0.2) is 4.98 Å². The van der Waals surface area contributed by atoms with Crippen molar-refractivity contribution in [3.8, 4) is 5.75 Å². The number of nitrogens with one attached hydrogen (secondary N) is 1. The second-order valence-corrected chi connectivity index (χ2v) is 7.98. The standard InChI is InChI=1S/C19H23N3O3S/c1-25-16-5-3-2-4-15(16)19(24)10-13-6-7-14(11-19)22(13)12-17(23)21-18-20-8-9-26-18/h2-5,8-9,13-14,24H,6-7,10-12H2,1H3,(H,20,21,23). The third kappa shape index (κ3) is 3.22. The summed E-state index contributed by atoms with van der Waals surface area (Å²) in [5.74, 6) is 0.684. The Morgan fingerprint density at radius 1 is 1.38 bits per heavy atom. The molecular formula is C19H23N3O3S. The van der Waals surface area contributed by atoms with E-state index in [1.807, 2.05) is 29.6 Å². The van der Waals surface area contributed by atoms with Crippen LogP contribution in [0.4, 0.5) is 5.13 Å². The van der Waals surface area contributed by atoms with Gasteiger partial charge >= 0.3 is 0 Å². The Morgan fingerprint density at radius 2 is 2.12 bits per heavy atom. The van der Waals surface area contributed by atoms with Crippen LogP contribution in [0.1, 0.15) is 31.2 Å². The molecule has 2 bridgehead atoms. The molecule has 1 amide bonds.